The van der Waals surface area contributed by atoms with Crippen molar-refractivity contribution >= 4 is 23.2 Å². The molecule has 9 heteroatoms. The van der Waals surface area contributed by atoms with Crippen LogP contribution in [0.4, 0.5) is 5.69 Å². The van der Waals surface area contributed by atoms with Crippen LogP contribution in [-0.2, 0) is 4.74 Å². The van der Waals surface area contributed by atoms with Crippen LogP contribution < -0.4 is 14.8 Å². The van der Waals surface area contributed by atoms with E-state index in [9.17, 15) is 9.59 Å². The molecule has 0 aliphatic carbocycles. The molecule has 0 bridgehead atoms. The van der Waals surface area contributed by atoms with Gasteiger partial charge in [0.2, 0.25) is 0 Å². The summed E-state index contributed by atoms with van der Waals surface area (Å²) in [6.07, 6.45) is 1.65. The van der Waals surface area contributed by atoms with Crippen LogP contribution in [0.1, 0.15) is 27.8 Å². The highest BCUT2D eigenvalue weighted by Crippen LogP contribution is 2.32. The summed E-state index contributed by atoms with van der Waals surface area (Å²) in [5.41, 5.74) is 3.21. The molecule has 9 nitrogen and oxygen atoms in total. The maximum absolute atomic E-state index is 12.8. The number of fused-ring (bicyclic) bond motifs is 1. The molecular weight excluding hydrogens is 424 g/mol. The zero-order valence-corrected chi connectivity index (χ0v) is 18.4. The van der Waals surface area contributed by atoms with Crippen LogP contribution in [0.5, 0.6) is 11.5 Å². The highest BCUT2D eigenvalue weighted by Gasteiger charge is 2.16. The number of amides is 1. The van der Waals surface area contributed by atoms with Crippen LogP contribution >= 0.6 is 0 Å². The first-order valence-electron chi connectivity index (χ1n) is 10.2. The Hall–Kier alpha value is -4.40. The largest absolute Gasteiger partial charge is 0.493 e. The number of nitrogens with one attached hydrogen (secondary N) is 1. The summed E-state index contributed by atoms with van der Waals surface area (Å²) in [7, 11) is 3.14. The van der Waals surface area contributed by atoms with Crippen LogP contribution in [0.25, 0.3) is 16.9 Å². The first-order chi connectivity index (χ1) is 16.0. The SMILES string of the molecule is CCOC(=O)c1ccc(NC(=O)c2cc3nccc(-c4ccc(OC)c(OC)c4)n3n2)cc1. The van der Waals surface area contributed by atoms with Gasteiger partial charge in [-0.25, -0.2) is 14.3 Å². The Morgan fingerprint density at radius 3 is 2.42 bits per heavy atom. The summed E-state index contributed by atoms with van der Waals surface area (Å²) in [5, 5.41) is 7.23. The summed E-state index contributed by atoms with van der Waals surface area (Å²) in [6, 6.07) is 15.4. The van der Waals surface area contributed by atoms with Crippen molar-refractivity contribution in [3.8, 4) is 22.8 Å². The van der Waals surface area contributed by atoms with E-state index in [1.165, 1.54) is 0 Å². The van der Waals surface area contributed by atoms with Crippen molar-refractivity contribution in [3.63, 3.8) is 0 Å². The van der Waals surface area contributed by atoms with E-state index < -0.39 is 11.9 Å². The molecule has 0 fully saturated rings. The minimum absolute atomic E-state index is 0.199. The van der Waals surface area contributed by atoms with Crippen molar-refractivity contribution in [1.29, 1.82) is 0 Å². The fourth-order valence-corrected chi connectivity index (χ4v) is 3.32. The Balaban J connectivity index is 1.60. The molecule has 4 rings (SSSR count). The van der Waals surface area contributed by atoms with Gasteiger partial charge in [0.05, 0.1) is 32.1 Å². The number of esters is 1. The van der Waals surface area contributed by atoms with Gasteiger partial charge in [0, 0.05) is 23.5 Å². The van der Waals surface area contributed by atoms with Crippen LogP contribution in [0.3, 0.4) is 0 Å². The van der Waals surface area contributed by atoms with Gasteiger partial charge in [-0.2, -0.15) is 5.10 Å². The van der Waals surface area contributed by atoms with E-state index in [0.717, 1.165) is 11.3 Å². The van der Waals surface area contributed by atoms with Gasteiger partial charge in [-0.1, -0.05) is 0 Å². The van der Waals surface area contributed by atoms with Crippen LogP contribution in [-0.4, -0.2) is 47.3 Å². The number of ether oxygens (including phenoxy) is 3. The van der Waals surface area contributed by atoms with E-state index >= 15 is 0 Å². The van der Waals surface area contributed by atoms with E-state index in [0.29, 0.717) is 35.0 Å². The molecule has 1 amide bonds. The van der Waals surface area contributed by atoms with Crippen molar-refractivity contribution in [2.24, 2.45) is 0 Å². The Morgan fingerprint density at radius 2 is 1.73 bits per heavy atom. The normalized spacial score (nSPS) is 10.6. The molecule has 33 heavy (non-hydrogen) atoms. The predicted octanol–water partition coefficient (Wildman–Crippen LogP) is 3.84. The highest BCUT2D eigenvalue weighted by atomic mass is 16.5. The van der Waals surface area contributed by atoms with Gasteiger partial charge in [-0.3, -0.25) is 4.79 Å². The third-order valence-electron chi connectivity index (χ3n) is 4.92. The number of hydrogen-bond acceptors (Lipinski definition) is 7. The molecule has 0 spiro atoms. The number of carbonyl (C=O) groups is 2. The molecule has 168 valence electrons. The number of hydrogen-bond donors (Lipinski definition) is 1. The summed E-state index contributed by atoms with van der Waals surface area (Å²) < 4.78 is 17.3. The minimum Gasteiger partial charge on any atom is -0.493 e. The van der Waals surface area contributed by atoms with Crippen LogP contribution in [0.2, 0.25) is 0 Å². The van der Waals surface area contributed by atoms with Crippen molar-refractivity contribution in [1.82, 2.24) is 14.6 Å². The van der Waals surface area contributed by atoms with Crippen molar-refractivity contribution < 1.29 is 23.8 Å². The van der Waals surface area contributed by atoms with E-state index in [1.54, 1.807) is 74.3 Å². The van der Waals surface area contributed by atoms with Gasteiger partial charge < -0.3 is 19.5 Å². The number of anilines is 1. The lowest BCUT2D eigenvalue weighted by atomic mass is 10.1. The fraction of sp³-hybridized carbons (Fsp3) is 0.167. The monoisotopic (exact) mass is 446 g/mol. The lowest BCUT2D eigenvalue weighted by Crippen LogP contribution is -2.13. The number of methoxy groups -OCH3 is 2. The molecule has 2 aromatic heterocycles. The Morgan fingerprint density at radius 1 is 0.970 bits per heavy atom. The fourth-order valence-electron chi connectivity index (χ4n) is 3.32. The number of rotatable bonds is 7. The molecule has 0 radical (unpaired) electrons. The van der Waals surface area contributed by atoms with E-state index in [4.69, 9.17) is 14.2 Å². The summed E-state index contributed by atoms with van der Waals surface area (Å²) in [6.45, 7) is 2.04. The van der Waals surface area contributed by atoms with Crippen molar-refractivity contribution in [3.05, 3.63) is 72.1 Å². The zero-order valence-electron chi connectivity index (χ0n) is 18.4. The second-order valence-corrected chi connectivity index (χ2v) is 6.95. The second kappa shape index (κ2) is 9.39. The van der Waals surface area contributed by atoms with E-state index in [-0.39, 0.29) is 5.69 Å². The number of benzene rings is 2. The molecular formula is C24H22N4O5. The lowest BCUT2D eigenvalue weighted by Gasteiger charge is -2.10. The lowest BCUT2D eigenvalue weighted by molar-refractivity contribution is 0.0526. The van der Waals surface area contributed by atoms with Gasteiger partial charge in [0.15, 0.2) is 22.8 Å². The maximum Gasteiger partial charge on any atom is 0.338 e. The molecule has 0 aliphatic rings. The maximum atomic E-state index is 12.8. The molecule has 0 aliphatic heterocycles. The third-order valence-corrected chi connectivity index (χ3v) is 4.92. The van der Waals surface area contributed by atoms with Crippen LogP contribution in [0, 0.1) is 0 Å². The van der Waals surface area contributed by atoms with Gasteiger partial charge in [-0.15, -0.1) is 0 Å². The predicted molar refractivity (Wildman–Crippen MR) is 122 cm³/mol. The Bertz CT molecular complexity index is 1310. The Labute approximate surface area is 189 Å². The second-order valence-electron chi connectivity index (χ2n) is 6.95. The average Bonchev–Trinajstić information content (AvgIpc) is 3.29. The highest BCUT2D eigenvalue weighted by molar-refractivity contribution is 6.03. The Kier molecular flexibility index (Phi) is 6.21. The molecule has 4 aromatic rings. The quantitative estimate of drug-likeness (QED) is 0.430. The molecule has 0 saturated heterocycles. The summed E-state index contributed by atoms with van der Waals surface area (Å²) >= 11 is 0. The molecule has 0 atom stereocenters. The van der Waals surface area contributed by atoms with Gasteiger partial charge in [0.25, 0.3) is 5.91 Å². The zero-order chi connectivity index (χ0) is 23.4. The summed E-state index contributed by atoms with van der Waals surface area (Å²) in [5.74, 6) is 0.379. The first kappa shape index (κ1) is 21.8. The molecule has 0 saturated carbocycles. The van der Waals surface area contributed by atoms with Gasteiger partial charge in [0.1, 0.15) is 0 Å². The minimum atomic E-state index is -0.413. The topological polar surface area (TPSA) is 104 Å². The molecule has 0 unspecified atom stereocenters. The third kappa shape index (κ3) is 4.47. The van der Waals surface area contributed by atoms with Gasteiger partial charge >= 0.3 is 5.97 Å². The van der Waals surface area contributed by atoms with Crippen molar-refractivity contribution in [2.45, 2.75) is 6.92 Å². The number of nitrogens with zero attached hydrogens (tertiary/aromatic N) is 3. The van der Waals surface area contributed by atoms with Crippen LogP contribution in [0.15, 0.2) is 60.8 Å². The summed E-state index contributed by atoms with van der Waals surface area (Å²) in [4.78, 5) is 28.9. The molecule has 2 heterocycles. The average molecular weight is 446 g/mol. The van der Waals surface area contributed by atoms with Crippen molar-refractivity contribution in [2.75, 3.05) is 26.1 Å². The number of aromatic nitrogens is 3. The molecule has 2 aromatic carbocycles. The molecule has 1 N–H and O–H groups in total. The van der Waals surface area contributed by atoms with E-state index in [2.05, 4.69) is 15.4 Å². The van der Waals surface area contributed by atoms with Gasteiger partial charge in [-0.05, 0) is 55.5 Å². The van der Waals surface area contributed by atoms with E-state index in [1.807, 2.05) is 12.1 Å². The first-order valence-corrected chi connectivity index (χ1v) is 10.2. The smallest absolute Gasteiger partial charge is 0.338 e. The standard InChI is InChI=1S/C24H22N4O5/c1-4-33-24(30)15-5-8-17(9-6-15)26-23(29)18-14-22-25-12-11-19(28(22)27-18)16-7-10-20(31-2)21(13-16)32-3/h5-14H,4H2,1-3H3,(H,26,29). The number of carbonyl (C=O) groups excluding carboxylic acids is 2.